The van der Waals surface area contributed by atoms with Gasteiger partial charge < -0.3 is 15.0 Å². The number of benzene rings is 1. The summed E-state index contributed by atoms with van der Waals surface area (Å²) in [6.07, 6.45) is 6.61. The maximum absolute atomic E-state index is 12.9. The van der Waals surface area contributed by atoms with Crippen molar-refractivity contribution in [2.45, 2.75) is 44.4 Å². The van der Waals surface area contributed by atoms with Crippen LogP contribution in [0.5, 0.6) is 5.88 Å². The molecular weight excluding hydrogens is 463 g/mol. The third-order valence-electron chi connectivity index (χ3n) is 6.47. The van der Waals surface area contributed by atoms with Crippen molar-refractivity contribution in [2.24, 2.45) is 5.92 Å². The molecule has 3 fully saturated rings. The van der Waals surface area contributed by atoms with Crippen LogP contribution in [0.3, 0.4) is 0 Å². The van der Waals surface area contributed by atoms with Gasteiger partial charge in [0.05, 0.1) is 6.54 Å². The van der Waals surface area contributed by atoms with Gasteiger partial charge in [-0.2, -0.15) is 0 Å². The summed E-state index contributed by atoms with van der Waals surface area (Å²) in [5.41, 5.74) is 1.26. The minimum atomic E-state index is -0.830. The highest BCUT2D eigenvalue weighted by molar-refractivity contribution is 6.35. The smallest absolute Gasteiger partial charge is 0.325 e. The van der Waals surface area contributed by atoms with Gasteiger partial charge in [-0.05, 0) is 49.3 Å². The molecule has 3 aliphatic rings. The van der Waals surface area contributed by atoms with E-state index in [2.05, 4.69) is 15.2 Å². The van der Waals surface area contributed by atoms with E-state index in [0.29, 0.717) is 21.5 Å². The molecule has 3 heterocycles. The van der Waals surface area contributed by atoms with Crippen LogP contribution in [0.2, 0.25) is 10.0 Å². The summed E-state index contributed by atoms with van der Waals surface area (Å²) in [4.78, 5) is 33.5. The topological polar surface area (TPSA) is 74.8 Å². The number of carbonyl (C=O) groups excluding carboxylic acids is 2. The lowest BCUT2D eigenvalue weighted by atomic mass is 10.1. The minimum Gasteiger partial charge on any atom is -0.474 e. The highest BCUT2D eigenvalue weighted by atomic mass is 35.5. The number of piperidine rings is 1. The molecule has 1 aromatic heterocycles. The van der Waals surface area contributed by atoms with Gasteiger partial charge in [-0.25, -0.2) is 9.78 Å². The van der Waals surface area contributed by atoms with E-state index in [1.54, 1.807) is 30.5 Å². The quantitative estimate of drug-likeness (QED) is 0.583. The lowest BCUT2D eigenvalue weighted by Crippen LogP contribution is -2.39. The number of urea groups is 1. The molecule has 9 heteroatoms. The summed E-state index contributed by atoms with van der Waals surface area (Å²) in [5.74, 6) is 1.13. The largest absolute Gasteiger partial charge is 0.474 e. The summed E-state index contributed by atoms with van der Waals surface area (Å²) in [6.45, 7) is 3.50. The van der Waals surface area contributed by atoms with E-state index in [1.165, 1.54) is 24.3 Å². The Balaban J connectivity index is 1.16. The third-order valence-corrected chi connectivity index (χ3v) is 7.04. The maximum Gasteiger partial charge on any atom is 0.325 e. The van der Waals surface area contributed by atoms with Crippen molar-refractivity contribution in [3.63, 3.8) is 0 Å². The average Bonchev–Trinajstić information content (AvgIpc) is 3.57. The van der Waals surface area contributed by atoms with Gasteiger partial charge in [0.25, 0.3) is 5.91 Å². The van der Waals surface area contributed by atoms with Crippen molar-refractivity contribution in [1.82, 2.24) is 20.1 Å². The van der Waals surface area contributed by atoms with E-state index in [1.807, 2.05) is 6.07 Å². The van der Waals surface area contributed by atoms with Crippen molar-refractivity contribution in [1.29, 1.82) is 0 Å². The summed E-state index contributed by atoms with van der Waals surface area (Å²) in [7, 11) is 0. The van der Waals surface area contributed by atoms with Crippen LogP contribution in [-0.4, -0.2) is 52.5 Å². The number of ether oxygens (including phenoxy) is 1. The number of halogens is 2. The Morgan fingerprint density at radius 2 is 1.85 bits per heavy atom. The average molecular weight is 489 g/mol. The maximum atomic E-state index is 12.9. The fourth-order valence-electron chi connectivity index (χ4n) is 4.42. The number of nitrogens with zero attached hydrogens (tertiary/aromatic N) is 3. The molecule has 1 saturated carbocycles. The number of hydrogen-bond acceptors (Lipinski definition) is 5. The Kier molecular flexibility index (Phi) is 6.45. The molecule has 0 spiro atoms. The van der Waals surface area contributed by atoms with E-state index in [-0.39, 0.29) is 18.6 Å². The second-order valence-electron chi connectivity index (χ2n) is 9.04. The lowest BCUT2D eigenvalue weighted by Gasteiger charge is -2.31. The predicted molar refractivity (Wildman–Crippen MR) is 125 cm³/mol. The van der Waals surface area contributed by atoms with Crippen LogP contribution in [0.25, 0.3) is 0 Å². The van der Waals surface area contributed by atoms with Crippen LogP contribution < -0.4 is 10.1 Å². The van der Waals surface area contributed by atoms with Crippen molar-refractivity contribution in [3.8, 4) is 5.88 Å². The molecule has 33 heavy (non-hydrogen) atoms. The lowest BCUT2D eigenvalue weighted by molar-refractivity contribution is -0.128. The van der Waals surface area contributed by atoms with Gasteiger partial charge in [0, 0.05) is 47.5 Å². The zero-order valence-electron chi connectivity index (χ0n) is 18.2. The first-order valence-electron chi connectivity index (χ1n) is 11.4. The highest BCUT2D eigenvalue weighted by Crippen LogP contribution is 2.32. The molecule has 1 unspecified atom stereocenters. The SMILES string of the molecule is O=C1NC(c2ccc(Cl)cc2Cl)C(=O)N1Cc1ccc(OC2CCN(CC3CC3)CC2)nc1. The second kappa shape index (κ2) is 9.49. The van der Waals surface area contributed by atoms with Gasteiger partial charge >= 0.3 is 6.03 Å². The fraction of sp³-hybridized carbons (Fsp3) is 0.458. The number of pyridine rings is 1. The molecule has 0 bridgehead atoms. The van der Waals surface area contributed by atoms with Gasteiger partial charge in [0.15, 0.2) is 0 Å². The van der Waals surface area contributed by atoms with Gasteiger partial charge in [-0.3, -0.25) is 9.69 Å². The minimum absolute atomic E-state index is 0.124. The molecule has 1 atom stereocenters. The molecule has 5 rings (SSSR count). The molecule has 174 valence electrons. The van der Waals surface area contributed by atoms with Crippen LogP contribution >= 0.6 is 23.2 Å². The monoisotopic (exact) mass is 488 g/mol. The summed E-state index contributed by atoms with van der Waals surface area (Å²) in [5, 5.41) is 3.50. The van der Waals surface area contributed by atoms with E-state index in [9.17, 15) is 9.59 Å². The number of likely N-dealkylation sites (tertiary alicyclic amines) is 1. The fourth-order valence-corrected chi connectivity index (χ4v) is 4.94. The number of hydrogen-bond donors (Lipinski definition) is 1. The van der Waals surface area contributed by atoms with E-state index in [0.717, 1.165) is 37.4 Å². The van der Waals surface area contributed by atoms with Gasteiger partial charge in [0.2, 0.25) is 5.88 Å². The first-order valence-corrected chi connectivity index (χ1v) is 12.1. The summed E-state index contributed by atoms with van der Waals surface area (Å²) < 4.78 is 6.07. The third kappa shape index (κ3) is 5.26. The first kappa shape index (κ1) is 22.4. The van der Waals surface area contributed by atoms with E-state index < -0.39 is 12.1 Å². The van der Waals surface area contributed by atoms with Crippen LogP contribution in [0, 0.1) is 5.92 Å². The summed E-state index contributed by atoms with van der Waals surface area (Å²) in [6, 6.07) is 7.20. The standard InChI is InChI=1S/C24H26Cl2N4O3/c25-17-4-5-19(20(26)11-17)22-23(31)30(24(32)28-22)14-16-3-6-21(27-12-16)33-18-7-9-29(10-8-18)13-15-1-2-15/h3-6,11-12,15,18,22H,1-2,7-10,13-14H2,(H,28,32). The predicted octanol–water partition coefficient (Wildman–Crippen LogP) is 4.43. The molecule has 2 aromatic rings. The number of imide groups is 1. The second-order valence-corrected chi connectivity index (χ2v) is 9.88. The van der Waals surface area contributed by atoms with Crippen LogP contribution in [-0.2, 0) is 11.3 Å². The Bertz CT molecular complexity index is 1040. The van der Waals surface area contributed by atoms with E-state index >= 15 is 0 Å². The number of aromatic nitrogens is 1. The Hall–Kier alpha value is -2.35. The number of nitrogens with one attached hydrogen (secondary N) is 1. The molecule has 7 nitrogen and oxygen atoms in total. The van der Waals surface area contributed by atoms with Crippen LogP contribution in [0.15, 0.2) is 36.5 Å². The van der Waals surface area contributed by atoms with Gasteiger partial charge in [-0.1, -0.05) is 35.3 Å². The molecule has 0 radical (unpaired) electrons. The molecule has 1 aliphatic carbocycles. The first-order chi connectivity index (χ1) is 16.0. The van der Waals surface area contributed by atoms with E-state index in [4.69, 9.17) is 27.9 Å². The van der Waals surface area contributed by atoms with Gasteiger partial charge in [0.1, 0.15) is 12.1 Å². The summed E-state index contributed by atoms with van der Waals surface area (Å²) >= 11 is 12.2. The number of rotatable bonds is 7. The molecule has 2 saturated heterocycles. The Morgan fingerprint density at radius 1 is 1.06 bits per heavy atom. The normalized spacial score (nSPS) is 22.0. The van der Waals surface area contributed by atoms with Crippen molar-refractivity contribution in [2.75, 3.05) is 19.6 Å². The zero-order chi connectivity index (χ0) is 22.9. The van der Waals surface area contributed by atoms with Gasteiger partial charge in [-0.15, -0.1) is 0 Å². The van der Waals surface area contributed by atoms with Crippen LogP contribution in [0.1, 0.15) is 42.9 Å². The number of carbonyl (C=O) groups is 2. The molecular formula is C24H26Cl2N4O3. The van der Waals surface area contributed by atoms with Crippen LogP contribution in [0.4, 0.5) is 4.79 Å². The van der Waals surface area contributed by atoms with Crippen molar-refractivity contribution < 1.29 is 14.3 Å². The van der Waals surface area contributed by atoms with Crippen molar-refractivity contribution in [3.05, 3.63) is 57.7 Å². The molecule has 3 amide bonds. The molecule has 2 aliphatic heterocycles. The Morgan fingerprint density at radius 3 is 2.52 bits per heavy atom. The highest BCUT2D eigenvalue weighted by Gasteiger charge is 2.39. The zero-order valence-corrected chi connectivity index (χ0v) is 19.7. The molecule has 1 aromatic carbocycles. The molecule has 1 N–H and O–H groups in total. The Labute approximate surface area is 203 Å². The number of amides is 3. The van der Waals surface area contributed by atoms with Crippen molar-refractivity contribution >= 4 is 35.1 Å².